The van der Waals surface area contributed by atoms with E-state index in [1.165, 1.54) is 6.26 Å². The summed E-state index contributed by atoms with van der Waals surface area (Å²) in [5.41, 5.74) is 0.817. The molecular formula is C12H21N3O2. The zero-order valence-electron chi connectivity index (χ0n) is 10.8. The molecule has 1 fully saturated rings. The Morgan fingerprint density at radius 2 is 1.94 bits per heavy atom. The summed E-state index contributed by atoms with van der Waals surface area (Å²) in [6.07, 6.45) is 1.52. The number of aliphatic hydroxyl groups is 1. The summed E-state index contributed by atoms with van der Waals surface area (Å²) < 4.78 is 5.35. The van der Waals surface area contributed by atoms with E-state index < -0.39 is 0 Å². The van der Waals surface area contributed by atoms with Crippen LogP contribution in [0.1, 0.15) is 26.5 Å². The molecular weight excluding hydrogens is 218 g/mol. The van der Waals surface area contributed by atoms with Gasteiger partial charge in [0.15, 0.2) is 0 Å². The van der Waals surface area contributed by atoms with Gasteiger partial charge in [0.1, 0.15) is 12.0 Å². The normalized spacial score (nSPS) is 18.7. The second-order valence-electron chi connectivity index (χ2n) is 5.42. The summed E-state index contributed by atoms with van der Waals surface area (Å²) in [6, 6.07) is 0.627. The summed E-state index contributed by atoms with van der Waals surface area (Å²) in [6.45, 7) is 10.5. The third kappa shape index (κ3) is 2.79. The molecule has 1 aromatic heterocycles. The molecule has 0 amide bonds. The minimum atomic E-state index is -0.0640. The van der Waals surface area contributed by atoms with Crippen LogP contribution in [0.5, 0.6) is 0 Å². The van der Waals surface area contributed by atoms with Gasteiger partial charge in [-0.1, -0.05) is 0 Å². The van der Waals surface area contributed by atoms with Crippen LogP contribution in [0.25, 0.3) is 0 Å². The summed E-state index contributed by atoms with van der Waals surface area (Å²) in [5, 5.41) is 8.95. The van der Waals surface area contributed by atoms with E-state index in [9.17, 15) is 0 Å². The lowest BCUT2D eigenvalue weighted by molar-refractivity contribution is 0.127. The molecule has 1 aliphatic rings. The molecule has 0 aromatic carbocycles. The molecule has 5 heteroatoms. The van der Waals surface area contributed by atoms with E-state index in [1.54, 1.807) is 0 Å². The van der Waals surface area contributed by atoms with Crippen LogP contribution in [0.2, 0.25) is 0 Å². The monoisotopic (exact) mass is 239 g/mol. The smallest absolute Gasteiger partial charge is 0.297 e. The molecule has 0 saturated carbocycles. The molecule has 1 saturated heterocycles. The molecule has 0 spiro atoms. The van der Waals surface area contributed by atoms with Gasteiger partial charge in [0, 0.05) is 31.7 Å². The molecule has 2 heterocycles. The fraction of sp³-hybridized carbons (Fsp3) is 0.750. The lowest BCUT2D eigenvalue weighted by Gasteiger charge is -2.41. The molecule has 0 bridgehead atoms. The number of piperazine rings is 1. The summed E-state index contributed by atoms with van der Waals surface area (Å²) >= 11 is 0. The van der Waals surface area contributed by atoms with Gasteiger partial charge >= 0.3 is 0 Å². The highest BCUT2D eigenvalue weighted by Gasteiger charge is 2.27. The number of hydrogen-bond acceptors (Lipinski definition) is 5. The van der Waals surface area contributed by atoms with Crippen molar-refractivity contribution in [1.82, 2.24) is 9.88 Å². The molecule has 0 aliphatic carbocycles. The van der Waals surface area contributed by atoms with Gasteiger partial charge in [0.05, 0.1) is 6.61 Å². The maximum Gasteiger partial charge on any atom is 0.297 e. The van der Waals surface area contributed by atoms with Gasteiger partial charge in [-0.3, -0.25) is 4.90 Å². The van der Waals surface area contributed by atoms with Crippen LogP contribution in [0.4, 0.5) is 6.01 Å². The van der Waals surface area contributed by atoms with Crippen LogP contribution in [0, 0.1) is 0 Å². The molecule has 17 heavy (non-hydrogen) atoms. The second kappa shape index (κ2) is 4.66. The van der Waals surface area contributed by atoms with Gasteiger partial charge in [0.2, 0.25) is 0 Å². The lowest BCUT2D eigenvalue weighted by atomic mass is 10.1. The maximum atomic E-state index is 8.95. The number of aromatic nitrogens is 1. The van der Waals surface area contributed by atoms with Gasteiger partial charge in [-0.15, -0.1) is 0 Å². The summed E-state index contributed by atoms with van der Waals surface area (Å²) in [7, 11) is 0. The Hall–Kier alpha value is -1.07. The third-order valence-electron chi connectivity index (χ3n) is 3.20. The summed E-state index contributed by atoms with van der Waals surface area (Å²) in [5.74, 6) is 0. The zero-order chi connectivity index (χ0) is 12.5. The van der Waals surface area contributed by atoms with E-state index in [1.807, 2.05) is 0 Å². The Balaban J connectivity index is 1.95. The molecule has 1 aliphatic heterocycles. The molecule has 1 N–H and O–H groups in total. The Labute approximate surface area is 102 Å². The topological polar surface area (TPSA) is 52.7 Å². The highest BCUT2D eigenvalue weighted by Crippen LogP contribution is 2.20. The van der Waals surface area contributed by atoms with Gasteiger partial charge in [-0.2, -0.15) is 4.98 Å². The van der Waals surface area contributed by atoms with E-state index in [-0.39, 0.29) is 12.1 Å². The largest absolute Gasteiger partial charge is 0.432 e. The van der Waals surface area contributed by atoms with Crippen molar-refractivity contribution < 1.29 is 9.52 Å². The molecule has 0 unspecified atom stereocenters. The van der Waals surface area contributed by atoms with Crippen LogP contribution in [0.15, 0.2) is 10.7 Å². The van der Waals surface area contributed by atoms with Crippen LogP contribution in [-0.2, 0) is 6.61 Å². The van der Waals surface area contributed by atoms with E-state index in [4.69, 9.17) is 9.52 Å². The Morgan fingerprint density at radius 3 is 2.41 bits per heavy atom. The van der Waals surface area contributed by atoms with Crippen LogP contribution >= 0.6 is 0 Å². The van der Waals surface area contributed by atoms with Crippen molar-refractivity contribution in [3.63, 3.8) is 0 Å². The number of nitrogens with zero attached hydrogens (tertiary/aromatic N) is 3. The number of aliphatic hydroxyl groups excluding tert-OH is 1. The summed E-state index contributed by atoms with van der Waals surface area (Å²) in [4.78, 5) is 8.81. The molecule has 0 radical (unpaired) electrons. The average Bonchev–Trinajstić information content (AvgIpc) is 2.76. The van der Waals surface area contributed by atoms with Crippen LogP contribution in [-0.4, -0.2) is 46.7 Å². The molecule has 5 nitrogen and oxygen atoms in total. The predicted molar refractivity (Wildman–Crippen MR) is 66.0 cm³/mol. The molecule has 1 aromatic rings. The van der Waals surface area contributed by atoms with Crippen molar-refractivity contribution in [1.29, 1.82) is 0 Å². The van der Waals surface area contributed by atoms with Crippen molar-refractivity contribution >= 4 is 6.01 Å². The maximum absolute atomic E-state index is 8.95. The van der Waals surface area contributed by atoms with Crippen LogP contribution < -0.4 is 4.90 Å². The molecule has 2 rings (SSSR count). The second-order valence-corrected chi connectivity index (χ2v) is 5.42. The highest BCUT2D eigenvalue weighted by molar-refractivity contribution is 5.27. The number of anilines is 1. The van der Waals surface area contributed by atoms with Crippen molar-refractivity contribution in [2.75, 3.05) is 31.1 Å². The van der Waals surface area contributed by atoms with Crippen molar-refractivity contribution in [2.45, 2.75) is 32.9 Å². The van der Waals surface area contributed by atoms with E-state index in [2.05, 4.69) is 35.6 Å². The first-order chi connectivity index (χ1) is 8.00. The zero-order valence-corrected chi connectivity index (χ0v) is 10.8. The first-order valence-electron chi connectivity index (χ1n) is 6.06. The van der Waals surface area contributed by atoms with Gasteiger partial charge < -0.3 is 14.4 Å². The van der Waals surface area contributed by atoms with Crippen molar-refractivity contribution in [3.05, 3.63) is 12.0 Å². The number of oxazole rings is 1. The predicted octanol–water partition coefficient (Wildman–Crippen LogP) is 1.09. The minimum absolute atomic E-state index is 0.0640. The van der Waals surface area contributed by atoms with E-state index >= 15 is 0 Å². The van der Waals surface area contributed by atoms with Gasteiger partial charge in [-0.25, -0.2) is 0 Å². The fourth-order valence-electron chi connectivity index (χ4n) is 2.08. The van der Waals surface area contributed by atoms with Gasteiger partial charge in [-0.05, 0) is 20.8 Å². The highest BCUT2D eigenvalue weighted by atomic mass is 16.4. The first-order valence-corrected chi connectivity index (χ1v) is 6.06. The Kier molecular flexibility index (Phi) is 3.40. The van der Waals surface area contributed by atoms with Crippen LogP contribution in [0.3, 0.4) is 0 Å². The SMILES string of the molecule is CC(C)(C)N1CCN(c2nc(CO)co2)CC1. The first kappa shape index (κ1) is 12.4. The van der Waals surface area contributed by atoms with Gasteiger partial charge in [0.25, 0.3) is 6.01 Å². The molecule has 0 atom stereocenters. The number of hydrogen-bond donors (Lipinski definition) is 1. The van der Waals surface area contributed by atoms with E-state index in [0.717, 1.165) is 26.2 Å². The van der Waals surface area contributed by atoms with E-state index in [0.29, 0.717) is 11.7 Å². The average molecular weight is 239 g/mol. The molecule has 96 valence electrons. The quantitative estimate of drug-likeness (QED) is 0.837. The lowest BCUT2D eigenvalue weighted by Crippen LogP contribution is -2.53. The third-order valence-corrected chi connectivity index (χ3v) is 3.20. The fourth-order valence-corrected chi connectivity index (χ4v) is 2.08. The standard InChI is InChI=1S/C12H21N3O2/c1-12(2,3)15-6-4-14(5-7-15)11-13-10(8-16)9-17-11/h9,16H,4-8H2,1-3H3. The Morgan fingerprint density at radius 1 is 1.29 bits per heavy atom. The van der Waals surface area contributed by atoms with Crippen molar-refractivity contribution in [2.24, 2.45) is 0 Å². The van der Waals surface area contributed by atoms with Crippen molar-refractivity contribution in [3.8, 4) is 0 Å². The minimum Gasteiger partial charge on any atom is -0.432 e. The number of rotatable bonds is 2. The Bertz CT molecular complexity index is 362.